The predicted molar refractivity (Wildman–Crippen MR) is 93.9 cm³/mol. The highest BCUT2D eigenvalue weighted by atomic mass is 32.2. The number of carbonyl (C=O) groups excluding carboxylic acids is 2. The van der Waals surface area contributed by atoms with Crippen LogP contribution >= 0.6 is 11.8 Å². The monoisotopic (exact) mass is 348 g/mol. The molecule has 2 aromatic rings. The number of aromatic nitrogens is 2. The smallest absolute Gasteiger partial charge is 0.318 e. The first-order chi connectivity index (χ1) is 11.4. The molecule has 0 atom stereocenters. The van der Waals surface area contributed by atoms with E-state index in [9.17, 15) is 14.4 Å². The number of imide groups is 1. The number of thioether (sulfide) groups is 1. The van der Waals surface area contributed by atoms with Gasteiger partial charge < -0.3 is 5.73 Å². The largest absolute Gasteiger partial charge is 0.351 e. The van der Waals surface area contributed by atoms with Gasteiger partial charge in [-0.3, -0.25) is 19.5 Å². The summed E-state index contributed by atoms with van der Waals surface area (Å²) in [5.74, 6) is -0.139. The maximum absolute atomic E-state index is 12.7. The Balaban J connectivity index is 2.34. The quantitative estimate of drug-likeness (QED) is 0.611. The zero-order valence-electron chi connectivity index (χ0n) is 13.6. The molecule has 3 N–H and O–H groups in total. The Hall–Kier alpha value is -2.35. The van der Waals surface area contributed by atoms with E-state index in [0.717, 1.165) is 18.2 Å². The van der Waals surface area contributed by atoms with Gasteiger partial charge in [0, 0.05) is 6.54 Å². The second-order valence-corrected chi connectivity index (χ2v) is 6.69. The summed E-state index contributed by atoms with van der Waals surface area (Å²) in [6.07, 6.45) is 0.820. The van der Waals surface area contributed by atoms with Crippen LogP contribution in [0.4, 0.5) is 4.79 Å². The van der Waals surface area contributed by atoms with E-state index in [2.05, 4.69) is 18.8 Å². The molecule has 7 nitrogen and oxygen atoms in total. The van der Waals surface area contributed by atoms with Crippen molar-refractivity contribution < 1.29 is 9.59 Å². The van der Waals surface area contributed by atoms with Crippen LogP contribution in [0.25, 0.3) is 10.9 Å². The Morgan fingerprint density at radius 1 is 1.33 bits per heavy atom. The second kappa shape index (κ2) is 7.96. The average molecular weight is 348 g/mol. The lowest BCUT2D eigenvalue weighted by Gasteiger charge is -2.14. The topological polar surface area (TPSA) is 107 Å². The molecule has 0 radical (unpaired) electrons. The molecule has 0 saturated carbocycles. The number of nitrogens with one attached hydrogen (secondary N) is 1. The summed E-state index contributed by atoms with van der Waals surface area (Å²) >= 11 is 1.11. The molecule has 3 amide bonds. The minimum atomic E-state index is -0.899. The van der Waals surface area contributed by atoms with E-state index >= 15 is 0 Å². The fourth-order valence-electron chi connectivity index (χ4n) is 2.15. The number of fused-ring (bicyclic) bond motifs is 1. The Bertz CT molecular complexity index is 817. The van der Waals surface area contributed by atoms with Gasteiger partial charge in [-0.05, 0) is 24.5 Å². The molecule has 0 saturated heterocycles. The summed E-state index contributed by atoms with van der Waals surface area (Å²) in [4.78, 5) is 39.5. The van der Waals surface area contributed by atoms with Gasteiger partial charge >= 0.3 is 6.03 Å². The molecule has 128 valence electrons. The molecule has 0 fully saturated rings. The Morgan fingerprint density at radius 3 is 2.71 bits per heavy atom. The van der Waals surface area contributed by atoms with E-state index in [-0.39, 0.29) is 11.3 Å². The predicted octanol–water partition coefficient (Wildman–Crippen LogP) is 1.73. The van der Waals surface area contributed by atoms with Crippen LogP contribution in [0.5, 0.6) is 0 Å². The summed E-state index contributed by atoms with van der Waals surface area (Å²) in [5.41, 5.74) is 5.38. The molecule has 2 rings (SSSR count). The van der Waals surface area contributed by atoms with Gasteiger partial charge in [-0.15, -0.1) is 0 Å². The van der Waals surface area contributed by atoms with E-state index in [1.807, 2.05) is 11.4 Å². The van der Waals surface area contributed by atoms with Gasteiger partial charge in [0.25, 0.3) is 5.56 Å². The van der Waals surface area contributed by atoms with E-state index in [1.54, 1.807) is 22.8 Å². The minimum absolute atomic E-state index is 0.0462. The maximum Gasteiger partial charge on any atom is 0.318 e. The summed E-state index contributed by atoms with van der Waals surface area (Å²) < 4.78 is 1.59. The summed E-state index contributed by atoms with van der Waals surface area (Å²) in [6.45, 7) is 4.67. The van der Waals surface area contributed by atoms with Gasteiger partial charge in [0.15, 0.2) is 5.16 Å². The van der Waals surface area contributed by atoms with Crippen molar-refractivity contribution in [2.75, 3.05) is 5.75 Å². The van der Waals surface area contributed by atoms with Gasteiger partial charge in [-0.2, -0.15) is 0 Å². The lowest BCUT2D eigenvalue weighted by Crippen LogP contribution is -2.36. The molecule has 1 heterocycles. The Labute approximate surface area is 143 Å². The van der Waals surface area contributed by atoms with Gasteiger partial charge in [0.1, 0.15) is 0 Å². The number of carbonyl (C=O) groups is 2. The van der Waals surface area contributed by atoms with Crippen LogP contribution in [0, 0.1) is 5.92 Å². The molecular formula is C16H20N4O3S. The number of hydrogen-bond donors (Lipinski definition) is 2. The Kier molecular flexibility index (Phi) is 5.97. The summed E-state index contributed by atoms with van der Waals surface area (Å²) in [6, 6.07) is 6.21. The van der Waals surface area contributed by atoms with Crippen molar-refractivity contribution >= 4 is 34.6 Å². The first-order valence-electron chi connectivity index (χ1n) is 7.60. The second-order valence-electron chi connectivity index (χ2n) is 5.75. The zero-order valence-corrected chi connectivity index (χ0v) is 14.4. The molecule has 0 bridgehead atoms. The van der Waals surface area contributed by atoms with Crippen LogP contribution < -0.4 is 16.6 Å². The van der Waals surface area contributed by atoms with E-state index in [1.165, 1.54) is 0 Å². The number of para-hydroxylation sites is 1. The summed E-state index contributed by atoms with van der Waals surface area (Å²) in [5, 5.41) is 3.00. The highest BCUT2D eigenvalue weighted by Crippen LogP contribution is 2.18. The van der Waals surface area contributed by atoms with Crippen molar-refractivity contribution in [3.05, 3.63) is 34.6 Å². The summed E-state index contributed by atoms with van der Waals surface area (Å²) in [7, 11) is 0. The van der Waals surface area contributed by atoms with Crippen LogP contribution in [0.3, 0.4) is 0 Å². The molecule has 0 unspecified atom stereocenters. The first kappa shape index (κ1) is 18.0. The minimum Gasteiger partial charge on any atom is -0.351 e. The lowest BCUT2D eigenvalue weighted by atomic mass is 10.1. The molecule has 0 spiro atoms. The Morgan fingerprint density at radius 2 is 2.04 bits per heavy atom. The third-order valence-electron chi connectivity index (χ3n) is 3.35. The van der Waals surface area contributed by atoms with Crippen LogP contribution in [0.15, 0.2) is 34.2 Å². The van der Waals surface area contributed by atoms with Gasteiger partial charge in [-0.1, -0.05) is 37.7 Å². The zero-order chi connectivity index (χ0) is 17.7. The van der Waals surface area contributed by atoms with Crippen molar-refractivity contribution in [3.63, 3.8) is 0 Å². The SMILES string of the molecule is CC(C)CCn1c(SCC(=O)NC(N)=O)nc2ccccc2c1=O. The van der Waals surface area contributed by atoms with Crippen LogP contribution in [-0.4, -0.2) is 27.2 Å². The van der Waals surface area contributed by atoms with Crippen molar-refractivity contribution in [1.82, 2.24) is 14.9 Å². The number of benzene rings is 1. The normalized spacial score (nSPS) is 11.0. The molecular weight excluding hydrogens is 328 g/mol. The number of hydrogen-bond acceptors (Lipinski definition) is 5. The third-order valence-corrected chi connectivity index (χ3v) is 4.33. The molecule has 8 heteroatoms. The molecule has 0 aliphatic rings. The molecule has 1 aromatic carbocycles. The first-order valence-corrected chi connectivity index (χ1v) is 8.58. The lowest BCUT2D eigenvalue weighted by molar-refractivity contribution is -0.117. The maximum atomic E-state index is 12.7. The van der Waals surface area contributed by atoms with Gasteiger partial charge in [0.2, 0.25) is 5.91 Å². The van der Waals surface area contributed by atoms with Crippen molar-refractivity contribution in [2.45, 2.75) is 32.0 Å². The van der Waals surface area contributed by atoms with Crippen molar-refractivity contribution in [1.29, 1.82) is 0 Å². The van der Waals surface area contributed by atoms with Crippen molar-refractivity contribution in [3.8, 4) is 0 Å². The standard InChI is InChI=1S/C16H20N4O3S/c1-10(2)7-8-20-14(22)11-5-3-4-6-12(11)18-16(20)24-9-13(21)19-15(17)23/h3-6,10H,7-9H2,1-2H3,(H3,17,19,21,23). The average Bonchev–Trinajstić information content (AvgIpc) is 2.51. The van der Waals surface area contributed by atoms with E-state index < -0.39 is 11.9 Å². The molecule has 1 aromatic heterocycles. The fraction of sp³-hybridized carbons (Fsp3) is 0.375. The van der Waals surface area contributed by atoms with Crippen LogP contribution in [0.1, 0.15) is 20.3 Å². The number of amides is 3. The van der Waals surface area contributed by atoms with Crippen molar-refractivity contribution in [2.24, 2.45) is 11.7 Å². The molecule has 24 heavy (non-hydrogen) atoms. The van der Waals surface area contributed by atoms with E-state index in [0.29, 0.717) is 28.5 Å². The molecule has 0 aliphatic carbocycles. The molecule has 0 aliphatic heterocycles. The third kappa shape index (κ3) is 4.58. The highest BCUT2D eigenvalue weighted by Gasteiger charge is 2.14. The number of urea groups is 1. The van der Waals surface area contributed by atoms with Crippen LogP contribution in [0.2, 0.25) is 0 Å². The van der Waals surface area contributed by atoms with Gasteiger partial charge in [0.05, 0.1) is 16.7 Å². The number of rotatable bonds is 6. The fourth-order valence-corrected chi connectivity index (χ4v) is 2.97. The highest BCUT2D eigenvalue weighted by molar-refractivity contribution is 7.99. The van der Waals surface area contributed by atoms with Gasteiger partial charge in [-0.25, -0.2) is 9.78 Å². The number of nitrogens with zero attached hydrogens (tertiary/aromatic N) is 2. The number of primary amides is 1. The van der Waals surface area contributed by atoms with Crippen LogP contribution in [-0.2, 0) is 11.3 Å². The van der Waals surface area contributed by atoms with E-state index in [4.69, 9.17) is 5.73 Å². The number of nitrogens with two attached hydrogens (primary N) is 1.